The molecule has 35 heavy (non-hydrogen) atoms. The van der Waals surface area contributed by atoms with Gasteiger partial charge in [-0.25, -0.2) is 13.2 Å². The summed E-state index contributed by atoms with van der Waals surface area (Å²) in [5, 5.41) is 11.8. The Labute approximate surface area is 211 Å². The largest absolute Gasteiger partial charge is 0.480 e. The zero-order valence-corrected chi connectivity index (χ0v) is 21.3. The summed E-state index contributed by atoms with van der Waals surface area (Å²) in [5.41, 5.74) is 0.948. The highest BCUT2D eigenvalue weighted by atomic mass is 32.2. The molecule has 0 saturated carbocycles. The van der Waals surface area contributed by atoms with Gasteiger partial charge >= 0.3 is 5.97 Å². The van der Waals surface area contributed by atoms with E-state index in [9.17, 15) is 32.7 Å². The molecule has 2 fully saturated rings. The van der Waals surface area contributed by atoms with Gasteiger partial charge in [-0.05, 0) is 18.4 Å². The first kappa shape index (κ1) is 25.3. The molecule has 3 heterocycles. The summed E-state index contributed by atoms with van der Waals surface area (Å²) in [4.78, 5) is 53.5. The lowest BCUT2D eigenvalue weighted by atomic mass is 10.0. The van der Waals surface area contributed by atoms with Gasteiger partial charge in [-0.1, -0.05) is 56.0 Å². The maximum Gasteiger partial charge on any atom is 0.326 e. The van der Waals surface area contributed by atoms with Crippen LogP contribution >= 0.6 is 24.0 Å². The minimum absolute atomic E-state index is 0.0288. The van der Waals surface area contributed by atoms with Crippen molar-refractivity contribution in [2.75, 3.05) is 23.0 Å². The monoisotopic (exact) mass is 537 g/mol. The second kappa shape index (κ2) is 9.36. The summed E-state index contributed by atoms with van der Waals surface area (Å²) in [5.74, 6) is -3.53. The van der Waals surface area contributed by atoms with Crippen LogP contribution in [0.5, 0.6) is 0 Å². The van der Waals surface area contributed by atoms with Gasteiger partial charge in [0.05, 0.1) is 33.7 Å². The van der Waals surface area contributed by atoms with Gasteiger partial charge in [-0.2, -0.15) is 0 Å². The van der Waals surface area contributed by atoms with Crippen molar-refractivity contribution in [2.45, 2.75) is 32.4 Å². The number of amides is 3. The van der Waals surface area contributed by atoms with Gasteiger partial charge in [0.15, 0.2) is 9.84 Å². The lowest BCUT2D eigenvalue weighted by Crippen LogP contribution is -2.48. The molecule has 10 nitrogen and oxygen atoms in total. The predicted molar refractivity (Wildman–Crippen MR) is 134 cm³/mol. The Bertz CT molecular complexity index is 1290. The van der Waals surface area contributed by atoms with Crippen molar-refractivity contribution in [1.29, 1.82) is 0 Å². The third-order valence-corrected chi connectivity index (χ3v) is 9.23. The van der Waals surface area contributed by atoms with E-state index in [1.165, 1.54) is 9.80 Å². The van der Waals surface area contributed by atoms with Crippen LogP contribution in [-0.2, 0) is 29.0 Å². The number of rotatable bonds is 6. The van der Waals surface area contributed by atoms with Crippen LogP contribution in [-0.4, -0.2) is 76.6 Å². The number of carbonyl (C=O) groups is 4. The summed E-state index contributed by atoms with van der Waals surface area (Å²) in [6, 6.07) is 4.97. The fourth-order valence-corrected chi connectivity index (χ4v) is 7.53. The van der Waals surface area contributed by atoms with Crippen molar-refractivity contribution >= 4 is 73.1 Å². The van der Waals surface area contributed by atoms with E-state index >= 15 is 0 Å². The Morgan fingerprint density at radius 2 is 1.91 bits per heavy atom. The Morgan fingerprint density at radius 3 is 2.51 bits per heavy atom. The number of para-hydroxylation sites is 1. The third-order valence-electron chi connectivity index (χ3n) is 6.07. The topological polar surface area (TPSA) is 141 Å². The molecule has 0 bridgehead atoms. The number of anilines is 1. The maximum absolute atomic E-state index is 13.5. The number of carboxylic acid groups (broad SMARTS) is 1. The van der Waals surface area contributed by atoms with Gasteiger partial charge in [0.1, 0.15) is 16.9 Å². The molecular weight excluding hydrogens is 514 g/mol. The molecule has 2 atom stereocenters. The zero-order valence-electron chi connectivity index (χ0n) is 18.9. The van der Waals surface area contributed by atoms with Crippen molar-refractivity contribution < 1.29 is 32.7 Å². The number of thioether (sulfide) groups is 1. The maximum atomic E-state index is 13.5. The number of thiocarbonyl (C=S) groups is 1. The molecule has 186 valence electrons. The summed E-state index contributed by atoms with van der Waals surface area (Å²) in [6.07, 6.45) is 0.273. The van der Waals surface area contributed by atoms with Crippen LogP contribution < -0.4 is 10.2 Å². The Kier molecular flexibility index (Phi) is 6.77. The fraction of sp³-hybridized carbons (Fsp3) is 0.409. The Balaban J connectivity index is 1.65. The van der Waals surface area contributed by atoms with Crippen LogP contribution in [0.3, 0.4) is 0 Å². The Morgan fingerprint density at radius 1 is 1.23 bits per heavy atom. The summed E-state index contributed by atoms with van der Waals surface area (Å²) in [6.45, 7) is 2.88. The summed E-state index contributed by atoms with van der Waals surface area (Å²) in [7, 11) is -3.26. The first-order valence-corrected chi connectivity index (χ1v) is 13.9. The van der Waals surface area contributed by atoms with Crippen LogP contribution in [0.25, 0.3) is 5.57 Å². The number of fused-ring (bicyclic) bond motifs is 1. The van der Waals surface area contributed by atoms with Crippen molar-refractivity contribution in [3.63, 3.8) is 0 Å². The highest BCUT2D eigenvalue weighted by Gasteiger charge is 2.46. The van der Waals surface area contributed by atoms with Crippen LogP contribution in [0.15, 0.2) is 29.2 Å². The van der Waals surface area contributed by atoms with Gasteiger partial charge in [0.2, 0.25) is 5.91 Å². The van der Waals surface area contributed by atoms with Crippen molar-refractivity contribution in [3.8, 4) is 0 Å². The SMILES string of the molecule is CC(C)C(NC(=O)CN1C(=O)C(=C2SC(=S)N(C3CCS(=O)(=O)C3)C2=O)c2ccccc21)C(=O)O. The van der Waals surface area contributed by atoms with Crippen molar-refractivity contribution in [1.82, 2.24) is 10.2 Å². The van der Waals surface area contributed by atoms with E-state index in [1.807, 2.05) is 0 Å². The smallest absolute Gasteiger partial charge is 0.326 e. The molecular formula is C22H23N3O7S3. The number of nitrogens with zero attached hydrogens (tertiary/aromatic N) is 2. The summed E-state index contributed by atoms with van der Waals surface area (Å²) < 4.78 is 24.1. The second-order valence-electron chi connectivity index (χ2n) is 8.84. The van der Waals surface area contributed by atoms with E-state index in [0.717, 1.165) is 11.8 Å². The number of aliphatic carboxylic acids is 1. The van der Waals surface area contributed by atoms with E-state index in [2.05, 4.69) is 5.32 Å². The number of carbonyl (C=O) groups excluding carboxylic acids is 3. The van der Waals surface area contributed by atoms with Gasteiger partial charge in [0.25, 0.3) is 11.8 Å². The molecule has 3 aliphatic rings. The second-order valence-corrected chi connectivity index (χ2v) is 12.7. The lowest BCUT2D eigenvalue weighted by Gasteiger charge is -2.21. The average molecular weight is 538 g/mol. The van der Waals surface area contributed by atoms with Gasteiger partial charge in [0, 0.05) is 5.56 Å². The van der Waals surface area contributed by atoms with Gasteiger partial charge in [-0.3, -0.25) is 24.2 Å². The number of carboxylic acids is 1. The van der Waals surface area contributed by atoms with Gasteiger partial charge in [-0.15, -0.1) is 0 Å². The molecule has 4 rings (SSSR count). The molecule has 2 saturated heterocycles. The predicted octanol–water partition coefficient (Wildman–Crippen LogP) is 1.02. The molecule has 2 unspecified atom stereocenters. The number of hydrogen-bond acceptors (Lipinski definition) is 8. The molecule has 13 heteroatoms. The van der Waals surface area contributed by atoms with Crippen LogP contribution in [0, 0.1) is 5.92 Å². The van der Waals surface area contributed by atoms with E-state index in [0.29, 0.717) is 11.3 Å². The quantitative estimate of drug-likeness (QED) is 0.402. The van der Waals surface area contributed by atoms with Crippen LogP contribution in [0.2, 0.25) is 0 Å². The van der Waals surface area contributed by atoms with Crippen LogP contribution in [0.4, 0.5) is 5.69 Å². The highest BCUT2D eigenvalue weighted by molar-refractivity contribution is 8.26. The lowest BCUT2D eigenvalue weighted by molar-refractivity contribution is -0.142. The standard InChI is InChI=1S/C22H23N3O7S3/c1-11(2)17(21(29)30)23-15(26)9-24-14-6-4-3-5-13(14)16(19(24)27)18-20(28)25(22(33)34-18)12-7-8-35(31,32)10-12/h3-6,11-12,17H,7-10H2,1-2H3,(H,23,26)(H,29,30). The molecule has 3 aliphatic heterocycles. The average Bonchev–Trinajstić information content (AvgIpc) is 3.36. The van der Waals surface area contributed by atoms with E-state index in [-0.39, 0.29) is 38.6 Å². The molecule has 0 spiro atoms. The van der Waals surface area contributed by atoms with E-state index < -0.39 is 52.2 Å². The number of sulfone groups is 1. The zero-order chi connectivity index (χ0) is 25.7. The summed E-state index contributed by atoms with van der Waals surface area (Å²) >= 11 is 6.31. The number of nitrogens with one attached hydrogen (secondary N) is 1. The van der Waals surface area contributed by atoms with Crippen molar-refractivity contribution in [2.24, 2.45) is 5.92 Å². The normalized spacial score (nSPS) is 24.3. The minimum atomic E-state index is -3.26. The molecule has 0 aliphatic carbocycles. The minimum Gasteiger partial charge on any atom is -0.480 e. The van der Waals surface area contributed by atoms with Crippen LogP contribution in [0.1, 0.15) is 25.8 Å². The van der Waals surface area contributed by atoms with Crippen molar-refractivity contribution in [3.05, 3.63) is 34.7 Å². The van der Waals surface area contributed by atoms with E-state index in [4.69, 9.17) is 12.2 Å². The van der Waals surface area contributed by atoms with Gasteiger partial charge < -0.3 is 10.4 Å². The molecule has 0 radical (unpaired) electrons. The molecule has 1 aromatic rings. The first-order valence-electron chi connectivity index (χ1n) is 10.8. The molecule has 2 N–H and O–H groups in total. The fourth-order valence-electron chi connectivity index (χ4n) is 4.36. The Hall–Kier alpha value is -2.77. The van der Waals surface area contributed by atoms with E-state index in [1.54, 1.807) is 38.1 Å². The number of hydrogen-bond donors (Lipinski definition) is 2. The first-order chi connectivity index (χ1) is 16.4. The highest BCUT2D eigenvalue weighted by Crippen LogP contribution is 2.45. The molecule has 3 amide bonds. The number of benzene rings is 1. The molecule has 0 aromatic heterocycles. The third kappa shape index (κ3) is 4.71. The molecule has 1 aromatic carbocycles.